The number of benzene rings is 1. The fourth-order valence-corrected chi connectivity index (χ4v) is 3.99. The largest absolute Gasteiger partial charge is 0.465 e. The van der Waals surface area contributed by atoms with Crippen LogP contribution in [0.2, 0.25) is 0 Å². The fraction of sp³-hybridized carbons (Fsp3) is 0.278. The average molecular weight is 324 g/mol. The van der Waals surface area contributed by atoms with Crippen molar-refractivity contribution in [2.24, 2.45) is 10.4 Å². The number of fused-ring (bicyclic) bond motifs is 3. The summed E-state index contributed by atoms with van der Waals surface area (Å²) in [4.78, 5) is 28.6. The van der Waals surface area contributed by atoms with Gasteiger partial charge in [-0.2, -0.15) is 4.99 Å². The SMILES string of the molecule is COC(=O)c1ccc2c(c1)CC1(C(=O)N=C3C1=CC=CN3O)C2C. The fourth-order valence-electron chi connectivity index (χ4n) is 3.99. The van der Waals surface area contributed by atoms with E-state index in [1.807, 2.05) is 19.1 Å². The Morgan fingerprint density at radius 2 is 2.25 bits per heavy atom. The van der Waals surface area contributed by atoms with E-state index in [4.69, 9.17) is 4.74 Å². The summed E-state index contributed by atoms with van der Waals surface area (Å²) in [5, 5.41) is 10.8. The van der Waals surface area contributed by atoms with Gasteiger partial charge in [0.25, 0.3) is 5.91 Å². The molecule has 0 aromatic heterocycles. The second kappa shape index (κ2) is 4.88. The number of amidine groups is 1. The minimum absolute atomic E-state index is 0.0981. The van der Waals surface area contributed by atoms with E-state index < -0.39 is 11.4 Å². The maximum absolute atomic E-state index is 12.8. The van der Waals surface area contributed by atoms with Gasteiger partial charge in [-0.05, 0) is 35.8 Å². The molecule has 3 aliphatic rings. The van der Waals surface area contributed by atoms with Crippen molar-refractivity contribution in [3.63, 3.8) is 0 Å². The van der Waals surface area contributed by atoms with E-state index in [9.17, 15) is 14.8 Å². The first-order valence-electron chi connectivity index (χ1n) is 7.70. The number of ether oxygens (including phenoxy) is 1. The van der Waals surface area contributed by atoms with E-state index in [0.717, 1.165) is 21.8 Å². The Kier molecular flexibility index (Phi) is 3.02. The Bertz CT molecular complexity index is 868. The molecule has 1 aromatic rings. The second-order valence-electron chi connectivity index (χ2n) is 6.28. The van der Waals surface area contributed by atoms with Crippen LogP contribution < -0.4 is 0 Å². The third kappa shape index (κ3) is 1.71. The molecule has 2 heterocycles. The Hall–Kier alpha value is -2.73. The van der Waals surface area contributed by atoms with E-state index in [2.05, 4.69) is 4.99 Å². The molecule has 0 fully saturated rings. The number of rotatable bonds is 1. The number of methoxy groups -OCH3 is 1. The van der Waals surface area contributed by atoms with Crippen LogP contribution in [0.4, 0.5) is 0 Å². The Balaban J connectivity index is 1.82. The highest BCUT2D eigenvalue weighted by atomic mass is 16.5. The van der Waals surface area contributed by atoms with Crippen LogP contribution in [-0.4, -0.2) is 35.1 Å². The van der Waals surface area contributed by atoms with Crippen LogP contribution in [0.1, 0.15) is 34.3 Å². The average Bonchev–Trinajstić information content (AvgIpc) is 3.04. The molecule has 1 spiro atoms. The van der Waals surface area contributed by atoms with Crippen LogP contribution in [0, 0.1) is 5.41 Å². The molecule has 1 amide bonds. The molecule has 0 saturated carbocycles. The van der Waals surface area contributed by atoms with E-state index in [1.165, 1.54) is 13.3 Å². The van der Waals surface area contributed by atoms with Crippen molar-refractivity contribution in [3.05, 3.63) is 58.8 Å². The zero-order chi connectivity index (χ0) is 17.1. The van der Waals surface area contributed by atoms with Crippen LogP contribution in [-0.2, 0) is 16.0 Å². The maximum Gasteiger partial charge on any atom is 0.337 e. The van der Waals surface area contributed by atoms with Crippen molar-refractivity contribution in [2.75, 3.05) is 7.11 Å². The summed E-state index contributed by atoms with van der Waals surface area (Å²) in [5.41, 5.74) is 2.33. The number of aliphatic imine (C=N–C) groups is 1. The van der Waals surface area contributed by atoms with Gasteiger partial charge in [0, 0.05) is 17.7 Å². The predicted molar refractivity (Wildman–Crippen MR) is 85.6 cm³/mol. The first kappa shape index (κ1) is 14.8. The summed E-state index contributed by atoms with van der Waals surface area (Å²) < 4.78 is 4.77. The zero-order valence-electron chi connectivity index (χ0n) is 13.3. The van der Waals surface area contributed by atoms with Crippen molar-refractivity contribution in [3.8, 4) is 0 Å². The van der Waals surface area contributed by atoms with Crippen LogP contribution in [0.3, 0.4) is 0 Å². The molecule has 0 saturated heterocycles. The quantitative estimate of drug-likeness (QED) is 0.801. The molecule has 2 atom stereocenters. The summed E-state index contributed by atoms with van der Waals surface area (Å²) in [7, 11) is 1.34. The third-order valence-electron chi connectivity index (χ3n) is 5.26. The number of hydrogen-bond donors (Lipinski definition) is 1. The standard InChI is InChI=1S/C18H16N2O4/c1-10-13-6-5-11(16(21)24-2)8-12(13)9-18(10)14-4-3-7-20(23)15(14)19-17(18)22/h3-8,10,23H,9H2,1-2H3. The lowest BCUT2D eigenvalue weighted by atomic mass is 9.71. The number of nitrogens with zero attached hydrogens (tertiary/aromatic N) is 2. The van der Waals surface area contributed by atoms with E-state index in [-0.39, 0.29) is 17.7 Å². The van der Waals surface area contributed by atoms with Gasteiger partial charge in [-0.1, -0.05) is 19.1 Å². The van der Waals surface area contributed by atoms with Crippen molar-refractivity contribution in [1.82, 2.24) is 5.06 Å². The number of hydroxylamine groups is 2. The topological polar surface area (TPSA) is 79.2 Å². The van der Waals surface area contributed by atoms with E-state index in [1.54, 1.807) is 18.2 Å². The predicted octanol–water partition coefficient (Wildman–Crippen LogP) is 2.20. The maximum atomic E-state index is 12.8. The molecule has 24 heavy (non-hydrogen) atoms. The molecule has 2 aliphatic heterocycles. The second-order valence-corrected chi connectivity index (χ2v) is 6.28. The lowest BCUT2D eigenvalue weighted by molar-refractivity contribution is -0.124. The summed E-state index contributed by atoms with van der Waals surface area (Å²) in [6.45, 7) is 1.99. The van der Waals surface area contributed by atoms with Gasteiger partial charge >= 0.3 is 5.97 Å². The normalized spacial score (nSPS) is 27.0. The van der Waals surface area contributed by atoms with Gasteiger partial charge < -0.3 is 4.74 Å². The minimum Gasteiger partial charge on any atom is -0.465 e. The van der Waals surface area contributed by atoms with Crippen LogP contribution >= 0.6 is 0 Å². The van der Waals surface area contributed by atoms with Crippen LogP contribution in [0.5, 0.6) is 0 Å². The summed E-state index contributed by atoms with van der Waals surface area (Å²) >= 11 is 0. The van der Waals surface area contributed by atoms with E-state index >= 15 is 0 Å². The summed E-state index contributed by atoms with van der Waals surface area (Å²) in [6.07, 6.45) is 5.44. The smallest absolute Gasteiger partial charge is 0.337 e. The molecule has 2 unspecified atom stereocenters. The van der Waals surface area contributed by atoms with Crippen molar-refractivity contribution in [2.45, 2.75) is 19.3 Å². The molecule has 6 nitrogen and oxygen atoms in total. The van der Waals surface area contributed by atoms with Gasteiger partial charge in [0.05, 0.1) is 18.1 Å². The Morgan fingerprint density at radius 1 is 1.46 bits per heavy atom. The molecule has 0 bridgehead atoms. The van der Waals surface area contributed by atoms with Crippen LogP contribution in [0.25, 0.3) is 0 Å². The van der Waals surface area contributed by atoms with Gasteiger partial charge in [0.15, 0.2) is 5.84 Å². The number of allylic oxidation sites excluding steroid dienone is 2. The lowest BCUT2D eigenvalue weighted by Crippen LogP contribution is -2.36. The highest BCUT2D eigenvalue weighted by Crippen LogP contribution is 2.55. The first-order valence-corrected chi connectivity index (χ1v) is 7.70. The molecule has 0 radical (unpaired) electrons. The minimum atomic E-state index is -0.821. The van der Waals surface area contributed by atoms with Crippen molar-refractivity contribution in [1.29, 1.82) is 0 Å². The molecule has 122 valence electrons. The number of carbonyl (C=O) groups is 2. The van der Waals surface area contributed by atoms with Crippen molar-refractivity contribution < 1.29 is 19.5 Å². The van der Waals surface area contributed by atoms with Gasteiger partial charge in [-0.15, -0.1) is 0 Å². The van der Waals surface area contributed by atoms with Crippen LogP contribution in [0.15, 0.2) is 47.1 Å². The molecule has 4 rings (SSSR count). The van der Waals surface area contributed by atoms with Gasteiger partial charge in [-0.3, -0.25) is 10.0 Å². The molecular formula is C18H16N2O4. The number of esters is 1. The molecular weight excluding hydrogens is 308 g/mol. The molecule has 6 heteroatoms. The van der Waals surface area contributed by atoms with Gasteiger partial charge in [-0.25, -0.2) is 9.86 Å². The molecule has 1 aliphatic carbocycles. The monoisotopic (exact) mass is 324 g/mol. The zero-order valence-corrected chi connectivity index (χ0v) is 13.3. The summed E-state index contributed by atoms with van der Waals surface area (Å²) in [5.74, 6) is -0.466. The third-order valence-corrected chi connectivity index (χ3v) is 5.26. The molecule has 1 aromatic carbocycles. The highest BCUT2D eigenvalue weighted by molar-refractivity contribution is 6.18. The van der Waals surface area contributed by atoms with Gasteiger partial charge in [0.1, 0.15) is 0 Å². The number of amides is 1. The lowest BCUT2D eigenvalue weighted by Gasteiger charge is -2.30. The Labute approximate surface area is 138 Å². The Morgan fingerprint density at radius 3 is 3.00 bits per heavy atom. The summed E-state index contributed by atoms with van der Waals surface area (Å²) in [6, 6.07) is 5.38. The van der Waals surface area contributed by atoms with E-state index in [0.29, 0.717) is 12.0 Å². The van der Waals surface area contributed by atoms with Gasteiger partial charge in [0.2, 0.25) is 0 Å². The number of carbonyl (C=O) groups excluding carboxylic acids is 2. The number of hydrogen-bond acceptors (Lipinski definition) is 5. The van der Waals surface area contributed by atoms with Crippen molar-refractivity contribution >= 4 is 17.7 Å². The molecule has 1 N–H and O–H groups in total. The highest BCUT2D eigenvalue weighted by Gasteiger charge is 2.57. The first-order chi connectivity index (χ1) is 11.5.